The number of hydrogen-bond acceptors (Lipinski definition) is 4. The number of hydrogen-bond donors (Lipinski definition) is 2. The summed E-state index contributed by atoms with van der Waals surface area (Å²) >= 11 is 0. The topological polar surface area (TPSA) is 70.6 Å². The number of ketones is 1. The third-order valence-electron chi connectivity index (χ3n) is 2.42. The first kappa shape index (κ1) is 11.3. The molecule has 5 heteroatoms. The minimum Gasteiger partial charge on any atom is -0.364 e. The van der Waals surface area contributed by atoms with Crippen molar-refractivity contribution in [3.63, 3.8) is 0 Å². The lowest BCUT2D eigenvalue weighted by molar-refractivity contribution is -0.110. The molecule has 0 spiro atoms. The van der Waals surface area contributed by atoms with E-state index in [4.69, 9.17) is 0 Å². The van der Waals surface area contributed by atoms with Gasteiger partial charge in [-0.15, -0.1) is 0 Å². The largest absolute Gasteiger partial charge is 0.364 e. The summed E-state index contributed by atoms with van der Waals surface area (Å²) in [5.74, 6) is 0.0406. The van der Waals surface area contributed by atoms with Crippen molar-refractivity contribution in [3.05, 3.63) is 29.8 Å². The molecule has 2 rings (SSSR count). The lowest BCUT2D eigenvalue weighted by atomic mass is 10.1. The SMILES string of the molecule is CC(=O)c1cccc(NC(=O)C2=NCCN2)c1. The molecule has 1 amide bonds. The van der Waals surface area contributed by atoms with E-state index in [2.05, 4.69) is 15.6 Å². The molecule has 1 aromatic rings. The van der Waals surface area contributed by atoms with E-state index in [0.29, 0.717) is 30.2 Å². The lowest BCUT2D eigenvalue weighted by Crippen LogP contribution is -2.32. The van der Waals surface area contributed by atoms with Crippen molar-refractivity contribution in [3.8, 4) is 0 Å². The highest BCUT2D eigenvalue weighted by molar-refractivity contribution is 6.42. The zero-order valence-corrected chi connectivity index (χ0v) is 9.49. The quantitative estimate of drug-likeness (QED) is 0.757. The van der Waals surface area contributed by atoms with Gasteiger partial charge in [-0.25, -0.2) is 0 Å². The average molecular weight is 231 g/mol. The summed E-state index contributed by atoms with van der Waals surface area (Å²) in [5.41, 5.74) is 1.17. The maximum absolute atomic E-state index is 11.7. The molecule has 0 bridgehead atoms. The number of anilines is 1. The van der Waals surface area contributed by atoms with E-state index in [1.807, 2.05) is 0 Å². The summed E-state index contributed by atoms with van der Waals surface area (Å²) in [4.78, 5) is 26.9. The zero-order chi connectivity index (χ0) is 12.3. The molecule has 17 heavy (non-hydrogen) atoms. The first-order valence-corrected chi connectivity index (χ1v) is 5.37. The number of benzene rings is 1. The van der Waals surface area contributed by atoms with Gasteiger partial charge in [-0.05, 0) is 19.1 Å². The maximum Gasteiger partial charge on any atom is 0.290 e. The fourth-order valence-corrected chi connectivity index (χ4v) is 1.56. The Morgan fingerprint density at radius 2 is 2.24 bits per heavy atom. The van der Waals surface area contributed by atoms with Gasteiger partial charge in [0.15, 0.2) is 11.6 Å². The van der Waals surface area contributed by atoms with Crippen LogP contribution in [-0.4, -0.2) is 30.6 Å². The molecule has 0 atom stereocenters. The molecule has 1 aromatic carbocycles. The van der Waals surface area contributed by atoms with Crippen LogP contribution < -0.4 is 10.6 Å². The molecule has 0 fully saturated rings. The van der Waals surface area contributed by atoms with Crippen LogP contribution in [0.1, 0.15) is 17.3 Å². The highest BCUT2D eigenvalue weighted by Crippen LogP contribution is 2.11. The number of rotatable bonds is 3. The van der Waals surface area contributed by atoms with Crippen LogP contribution in [0.3, 0.4) is 0 Å². The predicted octanol–water partition coefficient (Wildman–Crippen LogP) is 0.829. The molecule has 0 aromatic heterocycles. The summed E-state index contributed by atoms with van der Waals surface area (Å²) in [6.07, 6.45) is 0. The Hall–Kier alpha value is -2.17. The molecule has 0 saturated heterocycles. The summed E-state index contributed by atoms with van der Waals surface area (Å²) in [6.45, 7) is 2.80. The Morgan fingerprint density at radius 1 is 1.41 bits per heavy atom. The molecule has 1 heterocycles. The molecule has 1 aliphatic heterocycles. The van der Waals surface area contributed by atoms with Crippen LogP contribution in [0.4, 0.5) is 5.69 Å². The summed E-state index contributed by atoms with van der Waals surface area (Å²) in [7, 11) is 0. The average Bonchev–Trinajstić information content (AvgIpc) is 2.82. The second kappa shape index (κ2) is 4.78. The fraction of sp³-hybridized carbons (Fsp3) is 0.250. The van der Waals surface area contributed by atoms with Crippen LogP contribution in [0.2, 0.25) is 0 Å². The van der Waals surface area contributed by atoms with E-state index in [0.717, 1.165) is 0 Å². The van der Waals surface area contributed by atoms with Gasteiger partial charge in [-0.2, -0.15) is 0 Å². The monoisotopic (exact) mass is 231 g/mol. The highest BCUT2D eigenvalue weighted by Gasteiger charge is 2.14. The van der Waals surface area contributed by atoms with Gasteiger partial charge in [0.1, 0.15) is 0 Å². The van der Waals surface area contributed by atoms with Crippen molar-refractivity contribution in [2.45, 2.75) is 6.92 Å². The van der Waals surface area contributed by atoms with Crippen LogP contribution in [0.25, 0.3) is 0 Å². The van der Waals surface area contributed by atoms with Crippen molar-refractivity contribution >= 4 is 23.2 Å². The first-order chi connectivity index (χ1) is 8.16. The summed E-state index contributed by atoms with van der Waals surface area (Å²) in [5, 5.41) is 5.58. The Balaban J connectivity index is 2.10. The third-order valence-corrected chi connectivity index (χ3v) is 2.42. The molecule has 88 valence electrons. The number of Topliss-reactive ketones (excluding diaryl/α,β-unsaturated/α-hetero) is 1. The number of amidine groups is 1. The molecule has 0 saturated carbocycles. The van der Waals surface area contributed by atoms with E-state index >= 15 is 0 Å². The standard InChI is InChI=1S/C12H13N3O2/c1-8(16)9-3-2-4-10(7-9)15-12(17)11-13-5-6-14-11/h2-4,7H,5-6H2,1H3,(H,13,14)(H,15,17). The van der Waals surface area contributed by atoms with Gasteiger partial charge in [0.2, 0.25) is 0 Å². The Bertz CT molecular complexity index is 494. The Labute approximate surface area is 98.9 Å². The predicted molar refractivity (Wildman–Crippen MR) is 65.4 cm³/mol. The molecule has 2 N–H and O–H groups in total. The van der Waals surface area contributed by atoms with Crippen LogP contribution in [0.5, 0.6) is 0 Å². The van der Waals surface area contributed by atoms with Gasteiger partial charge in [0, 0.05) is 17.8 Å². The fourth-order valence-electron chi connectivity index (χ4n) is 1.56. The minimum atomic E-state index is -0.275. The van der Waals surface area contributed by atoms with Crippen molar-refractivity contribution in [2.75, 3.05) is 18.4 Å². The molecule has 0 radical (unpaired) electrons. The maximum atomic E-state index is 11.7. The third kappa shape index (κ3) is 2.69. The molecule has 0 unspecified atom stereocenters. The molecule has 0 aliphatic carbocycles. The van der Waals surface area contributed by atoms with Gasteiger partial charge in [-0.3, -0.25) is 14.6 Å². The second-order valence-corrected chi connectivity index (χ2v) is 3.75. The number of aliphatic imine (C=N–C) groups is 1. The van der Waals surface area contributed by atoms with Crippen molar-refractivity contribution in [2.24, 2.45) is 4.99 Å². The minimum absolute atomic E-state index is 0.0302. The lowest BCUT2D eigenvalue weighted by Gasteiger charge is -2.06. The van der Waals surface area contributed by atoms with Crippen molar-refractivity contribution in [1.82, 2.24) is 5.32 Å². The molecular formula is C12H13N3O2. The van der Waals surface area contributed by atoms with E-state index in [1.165, 1.54) is 6.92 Å². The first-order valence-electron chi connectivity index (χ1n) is 5.37. The van der Waals surface area contributed by atoms with Crippen LogP contribution in [-0.2, 0) is 4.79 Å². The number of amides is 1. The summed E-state index contributed by atoms with van der Waals surface area (Å²) < 4.78 is 0. The van der Waals surface area contributed by atoms with Crippen LogP contribution >= 0.6 is 0 Å². The second-order valence-electron chi connectivity index (χ2n) is 3.75. The smallest absolute Gasteiger partial charge is 0.290 e. The van der Waals surface area contributed by atoms with E-state index < -0.39 is 0 Å². The number of nitrogens with zero attached hydrogens (tertiary/aromatic N) is 1. The van der Waals surface area contributed by atoms with Gasteiger partial charge >= 0.3 is 0 Å². The van der Waals surface area contributed by atoms with Crippen LogP contribution in [0.15, 0.2) is 29.3 Å². The summed E-state index contributed by atoms with van der Waals surface area (Å²) in [6, 6.07) is 6.83. The van der Waals surface area contributed by atoms with Gasteiger partial charge < -0.3 is 10.6 Å². The van der Waals surface area contributed by atoms with Crippen molar-refractivity contribution in [1.29, 1.82) is 0 Å². The van der Waals surface area contributed by atoms with E-state index in [1.54, 1.807) is 24.3 Å². The Kier molecular flexibility index (Phi) is 3.18. The van der Waals surface area contributed by atoms with E-state index in [-0.39, 0.29) is 11.7 Å². The number of carbonyl (C=O) groups is 2. The van der Waals surface area contributed by atoms with E-state index in [9.17, 15) is 9.59 Å². The van der Waals surface area contributed by atoms with Crippen molar-refractivity contribution < 1.29 is 9.59 Å². The van der Waals surface area contributed by atoms with Gasteiger partial charge in [-0.1, -0.05) is 12.1 Å². The number of carbonyl (C=O) groups excluding carboxylic acids is 2. The molecule has 5 nitrogen and oxygen atoms in total. The zero-order valence-electron chi connectivity index (χ0n) is 9.49. The van der Waals surface area contributed by atoms with Gasteiger partial charge in [0.25, 0.3) is 5.91 Å². The van der Waals surface area contributed by atoms with Gasteiger partial charge in [0.05, 0.1) is 6.54 Å². The van der Waals surface area contributed by atoms with Crippen LogP contribution in [0, 0.1) is 0 Å². The highest BCUT2D eigenvalue weighted by atomic mass is 16.2. The molecular weight excluding hydrogens is 218 g/mol. The Morgan fingerprint density at radius 3 is 2.88 bits per heavy atom. The molecule has 1 aliphatic rings. The normalized spacial score (nSPS) is 13.8. The number of nitrogens with one attached hydrogen (secondary N) is 2.